The summed E-state index contributed by atoms with van der Waals surface area (Å²) in [7, 11) is -2.10. The summed E-state index contributed by atoms with van der Waals surface area (Å²) in [5, 5.41) is 1.90. The number of thiophene rings is 1. The van der Waals surface area contributed by atoms with Gasteiger partial charge in [0.05, 0.1) is 18.0 Å². The van der Waals surface area contributed by atoms with Crippen LogP contribution in [0.4, 0.5) is 0 Å². The zero-order valence-electron chi connectivity index (χ0n) is 17.2. The second-order valence-corrected chi connectivity index (χ2v) is 10.2. The highest BCUT2D eigenvalue weighted by molar-refractivity contribution is 7.89. The number of benzene rings is 2. The molecule has 0 radical (unpaired) electrons. The third kappa shape index (κ3) is 4.81. The Balaban J connectivity index is 1.54. The summed E-state index contributed by atoms with van der Waals surface area (Å²) in [6.07, 6.45) is 1.76. The first-order valence-corrected chi connectivity index (χ1v) is 12.4. The lowest BCUT2D eigenvalue weighted by molar-refractivity contribution is 0.0735. The summed E-state index contributed by atoms with van der Waals surface area (Å²) in [5.41, 5.74) is 1.39. The molecule has 162 valence electrons. The summed E-state index contributed by atoms with van der Waals surface area (Å²) in [6, 6.07) is 17.7. The van der Waals surface area contributed by atoms with E-state index in [1.54, 1.807) is 19.2 Å². The molecule has 3 aromatic rings. The van der Waals surface area contributed by atoms with Crippen molar-refractivity contribution in [3.05, 3.63) is 82.0 Å². The number of methoxy groups -OCH3 is 1. The predicted molar refractivity (Wildman–Crippen MR) is 121 cm³/mol. The SMILES string of the molecule is COc1cccc(C2CCCN2C(=O)c2cccc(S(=O)(=O)NCc3cccs3)c2)c1. The van der Waals surface area contributed by atoms with E-state index < -0.39 is 10.0 Å². The molecule has 1 fully saturated rings. The van der Waals surface area contributed by atoms with Gasteiger partial charge in [-0.15, -0.1) is 11.3 Å². The monoisotopic (exact) mass is 456 g/mol. The van der Waals surface area contributed by atoms with Crippen LogP contribution >= 0.6 is 11.3 Å². The maximum Gasteiger partial charge on any atom is 0.254 e. The molecule has 1 unspecified atom stereocenters. The number of nitrogens with one attached hydrogen (secondary N) is 1. The van der Waals surface area contributed by atoms with E-state index in [0.717, 1.165) is 29.0 Å². The second kappa shape index (κ2) is 9.21. The molecule has 0 saturated carbocycles. The Morgan fingerprint density at radius 1 is 1.16 bits per heavy atom. The van der Waals surface area contributed by atoms with Crippen LogP contribution in [0.3, 0.4) is 0 Å². The molecule has 1 aliphatic rings. The van der Waals surface area contributed by atoms with Crippen molar-refractivity contribution < 1.29 is 17.9 Å². The van der Waals surface area contributed by atoms with Gasteiger partial charge in [-0.3, -0.25) is 4.79 Å². The average Bonchev–Trinajstić information content (AvgIpc) is 3.49. The number of carbonyl (C=O) groups is 1. The van der Waals surface area contributed by atoms with E-state index in [0.29, 0.717) is 12.1 Å². The lowest BCUT2D eigenvalue weighted by Gasteiger charge is -2.25. The van der Waals surface area contributed by atoms with Crippen LogP contribution < -0.4 is 9.46 Å². The van der Waals surface area contributed by atoms with Crippen molar-refractivity contribution in [2.75, 3.05) is 13.7 Å². The first-order valence-electron chi connectivity index (χ1n) is 10.0. The maximum atomic E-state index is 13.3. The van der Waals surface area contributed by atoms with Gasteiger partial charge in [-0.1, -0.05) is 24.3 Å². The average molecular weight is 457 g/mol. The normalized spacial score (nSPS) is 16.4. The van der Waals surface area contributed by atoms with Crippen LogP contribution in [0.25, 0.3) is 0 Å². The zero-order valence-corrected chi connectivity index (χ0v) is 18.8. The Hall–Kier alpha value is -2.68. The molecule has 0 spiro atoms. The van der Waals surface area contributed by atoms with Crippen LogP contribution in [0.2, 0.25) is 0 Å². The minimum absolute atomic E-state index is 0.0557. The van der Waals surface area contributed by atoms with E-state index in [4.69, 9.17) is 4.74 Å². The first kappa shape index (κ1) is 21.5. The quantitative estimate of drug-likeness (QED) is 0.578. The molecule has 1 aromatic heterocycles. The highest BCUT2D eigenvalue weighted by atomic mass is 32.2. The van der Waals surface area contributed by atoms with E-state index in [-0.39, 0.29) is 23.4 Å². The number of amides is 1. The molecule has 0 aliphatic carbocycles. The van der Waals surface area contributed by atoms with E-state index in [1.807, 2.05) is 46.7 Å². The van der Waals surface area contributed by atoms with Crippen molar-refractivity contribution in [1.82, 2.24) is 9.62 Å². The standard InChI is InChI=1S/C23H24N2O4S2/c1-29-19-8-2-6-17(14-19)22-11-4-12-25(22)23(26)18-7-3-10-21(15-18)31(27,28)24-16-20-9-5-13-30-20/h2-3,5-10,13-15,22,24H,4,11-12,16H2,1H3. The van der Waals surface area contributed by atoms with Crippen LogP contribution in [0.15, 0.2) is 70.9 Å². The Morgan fingerprint density at radius 3 is 2.77 bits per heavy atom. The fraction of sp³-hybridized carbons (Fsp3) is 0.261. The minimum atomic E-state index is -3.72. The number of hydrogen-bond acceptors (Lipinski definition) is 5. The molecule has 1 saturated heterocycles. The van der Waals surface area contributed by atoms with Gasteiger partial charge < -0.3 is 9.64 Å². The molecule has 4 rings (SSSR count). The van der Waals surface area contributed by atoms with Crippen molar-refractivity contribution in [1.29, 1.82) is 0 Å². The number of hydrogen-bond donors (Lipinski definition) is 1. The largest absolute Gasteiger partial charge is 0.497 e. The van der Waals surface area contributed by atoms with E-state index in [2.05, 4.69) is 4.72 Å². The van der Waals surface area contributed by atoms with Gasteiger partial charge in [-0.2, -0.15) is 0 Å². The van der Waals surface area contributed by atoms with Gasteiger partial charge in [0.15, 0.2) is 0 Å². The van der Waals surface area contributed by atoms with Crippen molar-refractivity contribution in [2.24, 2.45) is 0 Å². The summed E-state index contributed by atoms with van der Waals surface area (Å²) < 4.78 is 33.4. The van der Waals surface area contributed by atoms with Crippen LogP contribution in [-0.4, -0.2) is 32.9 Å². The van der Waals surface area contributed by atoms with Crippen molar-refractivity contribution in [3.63, 3.8) is 0 Å². The number of ether oxygens (including phenoxy) is 1. The number of likely N-dealkylation sites (tertiary alicyclic amines) is 1. The Morgan fingerprint density at radius 2 is 2.00 bits per heavy atom. The summed E-state index contributed by atoms with van der Waals surface area (Å²) in [5.74, 6) is 0.585. The third-order valence-corrected chi connectivity index (χ3v) is 7.68. The molecule has 1 atom stereocenters. The minimum Gasteiger partial charge on any atom is -0.497 e. The molecule has 31 heavy (non-hydrogen) atoms. The molecule has 0 bridgehead atoms. The Bertz CT molecular complexity index is 1160. The van der Waals surface area contributed by atoms with E-state index in [1.165, 1.54) is 23.5 Å². The van der Waals surface area contributed by atoms with E-state index in [9.17, 15) is 13.2 Å². The van der Waals surface area contributed by atoms with Crippen LogP contribution in [0, 0.1) is 0 Å². The maximum absolute atomic E-state index is 13.3. The number of nitrogens with zero attached hydrogens (tertiary/aromatic N) is 1. The number of sulfonamides is 1. The van der Waals surface area contributed by atoms with Crippen LogP contribution in [-0.2, 0) is 16.6 Å². The molecule has 1 N–H and O–H groups in total. The summed E-state index contributed by atoms with van der Waals surface area (Å²) in [4.78, 5) is 16.1. The fourth-order valence-electron chi connectivity index (χ4n) is 3.83. The van der Waals surface area contributed by atoms with Crippen LogP contribution in [0.5, 0.6) is 5.75 Å². The van der Waals surface area contributed by atoms with Crippen molar-refractivity contribution in [2.45, 2.75) is 30.3 Å². The Kier molecular flexibility index (Phi) is 6.41. The van der Waals surface area contributed by atoms with Gasteiger partial charge in [-0.05, 0) is 60.2 Å². The lowest BCUT2D eigenvalue weighted by Crippen LogP contribution is -2.31. The third-order valence-electron chi connectivity index (χ3n) is 5.40. The number of carbonyl (C=O) groups excluding carboxylic acids is 1. The van der Waals surface area contributed by atoms with Gasteiger partial charge in [0, 0.05) is 23.5 Å². The fourth-order valence-corrected chi connectivity index (χ4v) is 5.62. The Labute approximate surface area is 186 Å². The van der Waals surface area contributed by atoms with Gasteiger partial charge in [0.2, 0.25) is 10.0 Å². The second-order valence-electron chi connectivity index (χ2n) is 7.36. The van der Waals surface area contributed by atoms with Crippen LogP contribution in [0.1, 0.15) is 39.7 Å². The highest BCUT2D eigenvalue weighted by Crippen LogP contribution is 2.34. The first-order chi connectivity index (χ1) is 15.0. The van der Waals surface area contributed by atoms with Gasteiger partial charge in [-0.25, -0.2) is 13.1 Å². The molecule has 6 nitrogen and oxygen atoms in total. The predicted octanol–water partition coefficient (Wildman–Crippen LogP) is 4.21. The molecule has 2 heterocycles. The van der Waals surface area contributed by atoms with Gasteiger partial charge in [0.1, 0.15) is 5.75 Å². The smallest absolute Gasteiger partial charge is 0.254 e. The van der Waals surface area contributed by atoms with Crippen molar-refractivity contribution in [3.8, 4) is 5.75 Å². The summed E-state index contributed by atoms with van der Waals surface area (Å²) >= 11 is 1.49. The highest BCUT2D eigenvalue weighted by Gasteiger charge is 2.31. The van der Waals surface area contributed by atoms with Gasteiger partial charge in [0.25, 0.3) is 5.91 Å². The molecule has 8 heteroatoms. The molecular formula is C23H24N2O4S2. The molecule has 1 aliphatic heterocycles. The van der Waals surface area contributed by atoms with E-state index >= 15 is 0 Å². The molecular weight excluding hydrogens is 432 g/mol. The summed E-state index contributed by atoms with van der Waals surface area (Å²) in [6.45, 7) is 0.858. The topological polar surface area (TPSA) is 75.7 Å². The zero-order chi connectivity index (χ0) is 21.8. The van der Waals surface area contributed by atoms with Gasteiger partial charge >= 0.3 is 0 Å². The number of rotatable bonds is 7. The molecule has 2 aromatic carbocycles. The van der Waals surface area contributed by atoms with Crippen molar-refractivity contribution >= 4 is 27.3 Å². The lowest BCUT2D eigenvalue weighted by atomic mass is 10.0. The molecule has 1 amide bonds.